The molecule has 1 aromatic carbocycles. The van der Waals surface area contributed by atoms with Gasteiger partial charge in [-0.05, 0) is 24.8 Å². The molecule has 26 heavy (non-hydrogen) atoms. The predicted octanol–water partition coefficient (Wildman–Crippen LogP) is 2.21. The molecule has 0 aromatic heterocycles. The molecular formula is C16H19F3N2O5. The summed E-state index contributed by atoms with van der Waals surface area (Å²) in [5, 5.41) is 12.7. The average molecular weight is 376 g/mol. The van der Waals surface area contributed by atoms with Crippen molar-refractivity contribution in [3.8, 4) is 0 Å². The van der Waals surface area contributed by atoms with Gasteiger partial charge in [-0.2, -0.15) is 13.2 Å². The second-order valence-corrected chi connectivity index (χ2v) is 5.35. The number of hydrogen-bond donors (Lipinski definition) is 3. The van der Waals surface area contributed by atoms with Crippen molar-refractivity contribution in [2.24, 2.45) is 0 Å². The molecule has 0 fully saturated rings. The summed E-state index contributed by atoms with van der Waals surface area (Å²) in [6.45, 7) is 0.254. The maximum atomic E-state index is 12.1. The van der Waals surface area contributed by atoms with E-state index in [1.165, 1.54) is 5.32 Å². The first kappa shape index (κ1) is 21.3. The number of carbonyl (C=O) groups is 3. The molecule has 7 nitrogen and oxygen atoms in total. The molecule has 1 rings (SSSR count). The first-order chi connectivity index (χ1) is 12.2. The Bertz CT molecular complexity index is 608. The third-order valence-electron chi connectivity index (χ3n) is 3.26. The SMILES string of the molecule is O=C(NCCCC[C@H](NC(=O)C(F)(F)F)C(=O)O)OCc1ccccc1. The molecule has 0 bridgehead atoms. The van der Waals surface area contributed by atoms with E-state index in [2.05, 4.69) is 5.32 Å². The Kier molecular flexibility index (Phi) is 8.40. The Morgan fingerprint density at radius 3 is 2.35 bits per heavy atom. The molecule has 0 aliphatic rings. The first-order valence-corrected chi connectivity index (χ1v) is 7.75. The van der Waals surface area contributed by atoms with Crippen LogP contribution in [0.5, 0.6) is 0 Å². The molecule has 0 aliphatic carbocycles. The van der Waals surface area contributed by atoms with E-state index in [-0.39, 0.29) is 26.0 Å². The lowest BCUT2D eigenvalue weighted by atomic mass is 10.1. The summed E-state index contributed by atoms with van der Waals surface area (Å²) >= 11 is 0. The lowest BCUT2D eigenvalue weighted by Gasteiger charge is -2.15. The summed E-state index contributed by atoms with van der Waals surface area (Å²) in [4.78, 5) is 33.1. The van der Waals surface area contributed by atoms with Crippen LogP contribution in [-0.4, -0.2) is 41.8 Å². The zero-order valence-corrected chi connectivity index (χ0v) is 13.7. The van der Waals surface area contributed by atoms with E-state index in [1.54, 1.807) is 24.3 Å². The predicted molar refractivity (Wildman–Crippen MR) is 84.1 cm³/mol. The van der Waals surface area contributed by atoms with Gasteiger partial charge in [-0.15, -0.1) is 0 Å². The molecular weight excluding hydrogens is 357 g/mol. The van der Waals surface area contributed by atoms with Crippen molar-refractivity contribution < 1.29 is 37.4 Å². The summed E-state index contributed by atoms with van der Waals surface area (Å²) in [6, 6.07) is 7.35. The van der Waals surface area contributed by atoms with Crippen LogP contribution < -0.4 is 10.6 Å². The van der Waals surface area contributed by atoms with Gasteiger partial charge in [0.15, 0.2) is 0 Å². The van der Waals surface area contributed by atoms with Gasteiger partial charge in [-0.1, -0.05) is 30.3 Å². The zero-order valence-electron chi connectivity index (χ0n) is 13.7. The number of benzene rings is 1. The van der Waals surface area contributed by atoms with E-state index in [0.717, 1.165) is 5.56 Å². The van der Waals surface area contributed by atoms with Gasteiger partial charge in [0.2, 0.25) is 0 Å². The minimum absolute atomic E-state index is 0.0945. The van der Waals surface area contributed by atoms with Gasteiger partial charge in [0.05, 0.1) is 0 Å². The van der Waals surface area contributed by atoms with Crippen LogP contribution in [0.15, 0.2) is 30.3 Å². The largest absolute Gasteiger partial charge is 0.480 e. The highest BCUT2D eigenvalue weighted by atomic mass is 19.4. The van der Waals surface area contributed by atoms with Crippen LogP contribution >= 0.6 is 0 Å². The van der Waals surface area contributed by atoms with Crippen LogP contribution in [0.4, 0.5) is 18.0 Å². The first-order valence-electron chi connectivity index (χ1n) is 7.75. The molecule has 0 unspecified atom stereocenters. The molecule has 0 heterocycles. The van der Waals surface area contributed by atoms with Gasteiger partial charge >= 0.3 is 24.1 Å². The number of rotatable bonds is 9. The number of carbonyl (C=O) groups excluding carboxylic acids is 2. The van der Waals surface area contributed by atoms with Crippen molar-refractivity contribution in [3.63, 3.8) is 0 Å². The van der Waals surface area contributed by atoms with Crippen molar-refractivity contribution in [3.05, 3.63) is 35.9 Å². The second-order valence-electron chi connectivity index (χ2n) is 5.35. The normalized spacial score (nSPS) is 12.1. The summed E-state index contributed by atoms with van der Waals surface area (Å²) in [5.74, 6) is -3.86. The fourth-order valence-corrected chi connectivity index (χ4v) is 1.94. The van der Waals surface area contributed by atoms with Crippen LogP contribution in [0.25, 0.3) is 0 Å². The Morgan fingerprint density at radius 1 is 1.12 bits per heavy atom. The van der Waals surface area contributed by atoms with E-state index in [0.29, 0.717) is 6.42 Å². The molecule has 1 aromatic rings. The van der Waals surface area contributed by atoms with Gasteiger partial charge in [-0.3, -0.25) is 4.79 Å². The van der Waals surface area contributed by atoms with E-state index >= 15 is 0 Å². The van der Waals surface area contributed by atoms with Crippen LogP contribution in [0.2, 0.25) is 0 Å². The van der Waals surface area contributed by atoms with Gasteiger partial charge in [0.1, 0.15) is 12.6 Å². The highest BCUT2D eigenvalue weighted by Crippen LogP contribution is 2.15. The molecule has 1 atom stereocenters. The van der Waals surface area contributed by atoms with Crippen molar-refractivity contribution in [2.45, 2.75) is 38.1 Å². The molecule has 0 saturated carbocycles. The van der Waals surface area contributed by atoms with Crippen LogP contribution in [0.3, 0.4) is 0 Å². The number of nitrogens with one attached hydrogen (secondary N) is 2. The number of unbranched alkanes of at least 4 members (excludes halogenated alkanes) is 1. The Labute approximate surface area is 147 Å². The molecule has 0 saturated heterocycles. The number of alkyl carbamates (subject to hydrolysis) is 1. The quantitative estimate of drug-likeness (QED) is 0.573. The van der Waals surface area contributed by atoms with Crippen LogP contribution in [-0.2, 0) is 20.9 Å². The molecule has 144 valence electrons. The fourth-order valence-electron chi connectivity index (χ4n) is 1.94. The van der Waals surface area contributed by atoms with Gasteiger partial charge < -0.3 is 20.5 Å². The highest BCUT2D eigenvalue weighted by molar-refractivity contribution is 5.86. The van der Waals surface area contributed by atoms with E-state index in [9.17, 15) is 27.6 Å². The number of alkyl halides is 3. The topological polar surface area (TPSA) is 105 Å². The lowest BCUT2D eigenvalue weighted by molar-refractivity contribution is -0.175. The maximum absolute atomic E-state index is 12.1. The summed E-state index contributed by atoms with van der Waals surface area (Å²) in [5.41, 5.74) is 0.812. The third kappa shape index (κ3) is 8.36. The van der Waals surface area contributed by atoms with Crippen LogP contribution in [0, 0.1) is 0 Å². The van der Waals surface area contributed by atoms with Crippen LogP contribution in [0.1, 0.15) is 24.8 Å². The molecule has 3 N–H and O–H groups in total. The average Bonchev–Trinajstić information content (AvgIpc) is 2.58. The zero-order chi connectivity index (χ0) is 19.6. The molecule has 0 radical (unpaired) electrons. The Hall–Kier alpha value is -2.78. The number of carboxylic acids is 1. The highest BCUT2D eigenvalue weighted by Gasteiger charge is 2.40. The fraction of sp³-hybridized carbons (Fsp3) is 0.438. The van der Waals surface area contributed by atoms with Crippen molar-refractivity contribution in [1.29, 1.82) is 0 Å². The van der Waals surface area contributed by atoms with Gasteiger partial charge in [0, 0.05) is 6.54 Å². The van der Waals surface area contributed by atoms with E-state index < -0.39 is 30.2 Å². The molecule has 10 heteroatoms. The monoisotopic (exact) mass is 376 g/mol. The summed E-state index contributed by atoms with van der Waals surface area (Å²) in [7, 11) is 0. The van der Waals surface area contributed by atoms with Gasteiger partial charge in [-0.25, -0.2) is 9.59 Å². The molecule has 0 aliphatic heterocycles. The standard InChI is InChI=1S/C16H19F3N2O5/c17-16(18,19)14(24)21-12(13(22)23)8-4-5-9-20-15(25)26-10-11-6-2-1-3-7-11/h1-3,6-7,12H,4-5,8-10H2,(H,20,25)(H,21,24)(H,22,23)/t12-/m0/s1. The Balaban J connectivity index is 2.22. The van der Waals surface area contributed by atoms with Gasteiger partial charge in [0.25, 0.3) is 0 Å². The molecule has 0 spiro atoms. The summed E-state index contributed by atoms with van der Waals surface area (Å²) in [6.07, 6.45) is -5.50. The minimum atomic E-state index is -5.14. The Morgan fingerprint density at radius 2 is 1.77 bits per heavy atom. The number of amides is 2. The van der Waals surface area contributed by atoms with E-state index in [1.807, 2.05) is 6.07 Å². The summed E-state index contributed by atoms with van der Waals surface area (Å²) < 4.78 is 41.4. The molecule has 2 amide bonds. The number of ether oxygens (including phenoxy) is 1. The van der Waals surface area contributed by atoms with Crippen molar-refractivity contribution >= 4 is 18.0 Å². The third-order valence-corrected chi connectivity index (χ3v) is 3.26. The van der Waals surface area contributed by atoms with E-state index in [4.69, 9.17) is 9.84 Å². The minimum Gasteiger partial charge on any atom is -0.480 e. The smallest absolute Gasteiger partial charge is 0.471 e. The number of carboxylic acid groups (broad SMARTS) is 1. The lowest BCUT2D eigenvalue weighted by Crippen LogP contribution is -2.46. The number of halogens is 3. The maximum Gasteiger partial charge on any atom is 0.471 e. The number of hydrogen-bond acceptors (Lipinski definition) is 4. The van der Waals surface area contributed by atoms with Crippen molar-refractivity contribution in [1.82, 2.24) is 10.6 Å². The second kappa shape index (κ2) is 10.3. The number of aliphatic carboxylic acids is 1. The van der Waals surface area contributed by atoms with Crippen molar-refractivity contribution in [2.75, 3.05) is 6.54 Å².